The normalized spacial score (nSPS) is 10.7. The van der Waals surface area contributed by atoms with E-state index in [-0.39, 0.29) is 0 Å². The van der Waals surface area contributed by atoms with Crippen molar-refractivity contribution < 1.29 is 4.79 Å². The fraction of sp³-hybridized carbons (Fsp3) is 0.0667. The van der Waals surface area contributed by atoms with E-state index in [1.54, 1.807) is 24.4 Å². The van der Waals surface area contributed by atoms with Gasteiger partial charge in [0.05, 0.1) is 11.9 Å². The van der Waals surface area contributed by atoms with Crippen molar-refractivity contribution in [3.63, 3.8) is 0 Å². The predicted octanol–water partition coefficient (Wildman–Crippen LogP) is 2.81. The van der Waals surface area contributed by atoms with E-state index in [2.05, 4.69) is 26.5 Å². The highest BCUT2D eigenvalue weighted by molar-refractivity contribution is 9.10. The van der Waals surface area contributed by atoms with Crippen LogP contribution >= 0.6 is 15.9 Å². The van der Waals surface area contributed by atoms with Gasteiger partial charge in [-0.3, -0.25) is 10.2 Å². The van der Waals surface area contributed by atoms with Crippen LogP contribution < -0.4 is 10.9 Å². The lowest BCUT2D eigenvalue weighted by molar-refractivity contribution is 0.112. The van der Waals surface area contributed by atoms with E-state index in [9.17, 15) is 4.79 Å². The van der Waals surface area contributed by atoms with E-state index in [1.807, 2.05) is 25.1 Å². The quantitative estimate of drug-likeness (QED) is 0.406. The lowest BCUT2D eigenvalue weighted by Gasteiger charge is -2.06. The third-order valence-electron chi connectivity index (χ3n) is 2.72. The third-order valence-corrected chi connectivity index (χ3v) is 3.37. The monoisotopic (exact) mass is 326 g/mol. The fourth-order valence-corrected chi connectivity index (χ4v) is 2.46. The summed E-state index contributed by atoms with van der Waals surface area (Å²) in [6.45, 7) is 1.98. The summed E-state index contributed by atoms with van der Waals surface area (Å²) in [5.41, 5.74) is 6.77. The molecule has 0 heterocycles. The Hall–Kier alpha value is -1.88. The van der Waals surface area contributed by atoms with Crippen molar-refractivity contribution in [2.24, 2.45) is 5.10 Å². The first kappa shape index (κ1) is 14.5. The molecule has 98 valence electrons. The number of hydrogen-bond donors (Lipinski definition) is 1. The van der Waals surface area contributed by atoms with Crippen molar-refractivity contribution in [2.75, 3.05) is 5.43 Å². The summed E-state index contributed by atoms with van der Waals surface area (Å²) in [6, 6.07) is 10.9. The van der Waals surface area contributed by atoms with Crippen LogP contribution in [0.1, 0.15) is 21.5 Å². The number of benzene rings is 2. The van der Waals surface area contributed by atoms with E-state index in [0.717, 1.165) is 27.6 Å². The molecular formula is C15H12BBrN2O. The molecule has 2 aromatic rings. The fourth-order valence-electron chi connectivity index (χ4n) is 1.77. The Balaban J connectivity index is 2.16. The molecule has 1 N–H and O–H groups in total. The first-order valence-electron chi connectivity index (χ1n) is 6.00. The van der Waals surface area contributed by atoms with Gasteiger partial charge in [0.2, 0.25) is 0 Å². The van der Waals surface area contributed by atoms with E-state index >= 15 is 0 Å². The Morgan fingerprint density at radius 1 is 1.30 bits per heavy atom. The van der Waals surface area contributed by atoms with Crippen LogP contribution in [-0.4, -0.2) is 20.3 Å². The molecule has 0 aliphatic carbocycles. The molecule has 0 saturated heterocycles. The number of carbonyl (C=O) groups is 1. The zero-order valence-corrected chi connectivity index (χ0v) is 12.5. The van der Waals surface area contributed by atoms with Gasteiger partial charge >= 0.3 is 0 Å². The van der Waals surface area contributed by atoms with Gasteiger partial charge in [-0.15, -0.1) is 0 Å². The Kier molecular flexibility index (Phi) is 4.74. The van der Waals surface area contributed by atoms with Crippen LogP contribution in [0.2, 0.25) is 0 Å². The maximum atomic E-state index is 10.7. The second-order valence-corrected chi connectivity index (χ2v) is 5.22. The van der Waals surface area contributed by atoms with Crippen LogP contribution in [-0.2, 0) is 0 Å². The molecule has 0 unspecified atom stereocenters. The molecule has 0 amide bonds. The maximum absolute atomic E-state index is 10.7. The second kappa shape index (κ2) is 6.52. The van der Waals surface area contributed by atoms with E-state index < -0.39 is 0 Å². The van der Waals surface area contributed by atoms with Crippen molar-refractivity contribution in [1.29, 1.82) is 0 Å². The van der Waals surface area contributed by atoms with Gasteiger partial charge in [0.1, 0.15) is 14.1 Å². The van der Waals surface area contributed by atoms with Gasteiger partial charge in [0.15, 0.2) is 0 Å². The molecule has 0 fully saturated rings. The van der Waals surface area contributed by atoms with E-state index in [1.165, 1.54) is 0 Å². The van der Waals surface area contributed by atoms with Crippen LogP contribution in [0.15, 0.2) is 46.0 Å². The Bertz CT molecular complexity index is 648. The lowest BCUT2D eigenvalue weighted by atomic mass is 9.89. The highest BCUT2D eigenvalue weighted by atomic mass is 79.9. The summed E-state index contributed by atoms with van der Waals surface area (Å²) < 4.78 is 0.891. The van der Waals surface area contributed by atoms with Crippen LogP contribution in [0, 0.1) is 6.92 Å². The number of aldehydes is 1. The zero-order chi connectivity index (χ0) is 14.5. The summed E-state index contributed by atoms with van der Waals surface area (Å²) in [5.74, 6) is 0. The van der Waals surface area contributed by atoms with Gasteiger partial charge in [-0.05, 0) is 25.1 Å². The summed E-state index contributed by atoms with van der Waals surface area (Å²) in [7, 11) is 5.95. The maximum Gasteiger partial charge on any atom is 0.150 e. The molecular weight excluding hydrogens is 315 g/mol. The largest absolute Gasteiger partial charge is 0.298 e. The van der Waals surface area contributed by atoms with Crippen molar-refractivity contribution in [2.45, 2.75) is 6.92 Å². The number of nitrogens with one attached hydrogen (secondary N) is 1. The molecule has 20 heavy (non-hydrogen) atoms. The smallest absolute Gasteiger partial charge is 0.150 e. The first-order chi connectivity index (χ1) is 9.60. The summed E-state index contributed by atoms with van der Waals surface area (Å²) in [6.07, 6.45) is 2.44. The molecule has 0 spiro atoms. The second-order valence-electron chi connectivity index (χ2n) is 4.36. The minimum absolute atomic E-state index is 0.598. The van der Waals surface area contributed by atoms with Crippen LogP contribution in [0.4, 0.5) is 5.69 Å². The van der Waals surface area contributed by atoms with E-state index in [0.29, 0.717) is 11.0 Å². The Morgan fingerprint density at radius 2 is 2.10 bits per heavy atom. The van der Waals surface area contributed by atoms with Gasteiger partial charge < -0.3 is 0 Å². The summed E-state index contributed by atoms with van der Waals surface area (Å²) in [4.78, 5) is 10.7. The average Bonchev–Trinajstić information content (AvgIpc) is 2.42. The number of aryl methyl sites for hydroxylation is 1. The third kappa shape index (κ3) is 3.57. The molecule has 5 heteroatoms. The number of carbonyl (C=O) groups excluding carboxylic acids is 1. The SMILES string of the molecule is [B]c1cc(C)cc(Br)c1/C=N/Nc1cccc(C=O)c1. The molecule has 0 aromatic heterocycles. The number of nitrogens with zero attached hydrogens (tertiary/aromatic N) is 1. The zero-order valence-electron chi connectivity index (χ0n) is 10.9. The first-order valence-corrected chi connectivity index (χ1v) is 6.79. The van der Waals surface area contributed by atoms with Gasteiger partial charge in [-0.1, -0.05) is 45.2 Å². The molecule has 2 aromatic carbocycles. The molecule has 2 rings (SSSR count). The van der Waals surface area contributed by atoms with Crippen molar-refractivity contribution in [3.05, 3.63) is 57.6 Å². The van der Waals surface area contributed by atoms with Crippen LogP contribution in [0.25, 0.3) is 0 Å². The van der Waals surface area contributed by atoms with E-state index in [4.69, 9.17) is 7.85 Å². The van der Waals surface area contributed by atoms with Crippen LogP contribution in [0.3, 0.4) is 0 Å². The van der Waals surface area contributed by atoms with Gasteiger partial charge in [0.25, 0.3) is 0 Å². The molecule has 0 aliphatic rings. The minimum atomic E-state index is 0.598. The number of hydrogen-bond acceptors (Lipinski definition) is 3. The summed E-state index contributed by atoms with van der Waals surface area (Å²) >= 11 is 3.46. The molecule has 2 radical (unpaired) electrons. The van der Waals surface area contributed by atoms with Crippen molar-refractivity contribution in [3.8, 4) is 0 Å². The number of rotatable bonds is 4. The number of anilines is 1. The predicted molar refractivity (Wildman–Crippen MR) is 87.3 cm³/mol. The Labute approximate surface area is 127 Å². The highest BCUT2D eigenvalue weighted by Crippen LogP contribution is 2.15. The Morgan fingerprint density at radius 3 is 2.80 bits per heavy atom. The molecule has 0 atom stereocenters. The standard InChI is InChI=1S/C15H12BBrN2O/c1-10-5-14(16)13(15(17)6-10)8-18-19-12-4-2-3-11(7-12)9-20/h2-9,19H,1H3/b18-8+. The van der Waals surface area contributed by atoms with Gasteiger partial charge in [-0.25, -0.2) is 0 Å². The number of hydrazone groups is 1. The summed E-state index contributed by atoms with van der Waals surface area (Å²) in [5, 5.41) is 4.14. The minimum Gasteiger partial charge on any atom is -0.298 e. The molecule has 0 bridgehead atoms. The molecule has 0 saturated carbocycles. The van der Waals surface area contributed by atoms with Gasteiger partial charge in [0, 0.05) is 15.6 Å². The topological polar surface area (TPSA) is 41.5 Å². The highest BCUT2D eigenvalue weighted by Gasteiger charge is 2.01. The van der Waals surface area contributed by atoms with Crippen molar-refractivity contribution >= 4 is 47.4 Å². The lowest BCUT2D eigenvalue weighted by Crippen LogP contribution is -2.11. The average molecular weight is 327 g/mol. The van der Waals surface area contributed by atoms with Crippen LogP contribution in [0.5, 0.6) is 0 Å². The molecule has 0 aliphatic heterocycles. The molecule has 3 nitrogen and oxygen atoms in total. The van der Waals surface area contributed by atoms with Crippen molar-refractivity contribution in [1.82, 2.24) is 0 Å². The number of halogens is 1. The van der Waals surface area contributed by atoms with Gasteiger partial charge in [-0.2, -0.15) is 5.10 Å².